The van der Waals surface area contributed by atoms with Crippen molar-refractivity contribution in [3.63, 3.8) is 0 Å². The second-order valence-electron chi connectivity index (χ2n) is 8.11. The molecule has 28 heavy (non-hydrogen) atoms. The Balaban J connectivity index is 1.82. The first-order valence-electron chi connectivity index (χ1n) is 10.4. The van der Waals surface area contributed by atoms with Crippen LogP contribution >= 0.6 is 0 Å². The summed E-state index contributed by atoms with van der Waals surface area (Å²) >= 11 is 0. The van der Waals surface area contributed by atoms with Crippen molar-refractivity contribution in [1.82, 2.24) is 0 Å². The predicted octanol–water partition coefficient (Wildman–Crippen LogP) is 4.87. The zero-order valence-electron chi connectivity index (χ0n) is 18.0. The molecule has 158 valence electrons. The van der Waals surface area contributed by atoms with Crippen molar-refractivity contribution in [1.29, 1.82) is 0 Å². The molecule has 0 N–H and O–H groups in total. The molecule has 0 saturated carbocycles. The van der Waals surface area contributed by atoms with Crippen LogP contribution in [0.4, 0.5) is 0 Å². The zero-order chi connectivity index (χ0) is 20.6. The van der Waals surface area contributed by atoms with Gasteiger partial charge in [-0.1, -0.05) is 44.2 Å². The largest absolute Gasteiger partial charge is 0.469 e. The lowest BCUT2D eigenvalue weighted by Crippen LogP contribution is -2.50. The lowest BCUT2D eigenvalue weighted by Gasteiger charge is -2.45. The van der Waals surface area contributed by atoms with Crippen molar-refractivity contribution >= 4 is 5.97 Å². The van der Waals surface area contributed by atoms with E-state index in [1.54, 1.807) is 0 Å². The first-order valence-corrected chi connectivity index (χ1v) is 10.4. The summed E-state index contributed by atoms with van der Waals surface area (Å²) in [5, 5.41) is 0. The van der Waals surface area contributed by atoms with Crippen LogP contribution in [0.15, 0.2) is 30.3 Å². The molecule has 0 amide bonds. The fourth-order valence-electron chi connectivity index (χ4n) is 3.75. The number of rotatable bonds is 10. The first-order chi connectivity index (χ1) is 13.3. The Morgan fingerprint density at radius 1 is 1.18 bits per heavy atom. The highest BCUT2D eigenvalue weighted by atomic mass is 16.7. The molecule has 0 aromatic heterocycles. The van der Waals surface area contributed by atoms with Gasteiger partial charge in [-0.05, 0) is 45.1 Å². The minimum absolute atomic E-state index is 0.0602. The van der Waals surface area contributed by atoms with E-state index in [4.69, 9.17) is 18.9 Å². The maximum absolute atomic E-state index is 11.7. The lowest BCUT2D eigenvalue weighted by atomic mass is 9.89. The summed E-state index contributed by atoms with van der Waals surface area (Å²) < 4.78 is 23.1. The Labute approximate surface area is 169 Å². The second kappa shape index (κ2) is 10.9. The van der Waals surface area contributed by atoms with Crippen LogP contribution in [-0.2, 0) is 30.3 Å². The van der Waals surface area contributed by atoms with Crippen LogP contribution < -0.4 is 0 Å². The van der Waals surface area contributed by atoms with Crippen LogP contribution in [0.3, 0.4) is 0 Å². The van der Waals surface area contributed by atoms with Crippen LogP contribution in [0.5, 0.6) is 0 Å². The van der Waals surface area contributed by atoms with E-state index < -0.39 is 5.79 Å². The Morgan fingerprint density at radius 3 is 2.50 bits per heavy atom. The van der Waals surface area contributed by atoms with Crippen molar-refractivity contribution in [3.8, 4) is 0 Å². The summed E-state index contributed by atoms with van der Waals surface area (Å²) in [5.41, 5.74) is 1.20. The molecule has 1 aromatic carbocycles. The molecule has 0 spiro atoms. The molecule has 1 fully saturated rings. The van der Waals surface area contributed by atoms with E-state index in [0.29, 0.717) is 6.61 Å². The third-order valence-corrected chi connectivity index (χ3v) is 5.44. The highest BCUT2D eigenvalue weighted by Gasteiger charge is 2.41. The second-order valence-corrected chi connectivity index (χ2v) is 8.11. The molecule has 0 unspecified atom stereocenters. The molecule has 1 heterocycles. The molecule has 2 rings (SSSR count). The lowest BCUT2D eigenvalue weighted by molar-refractivity contribution is -0.319. The summed E-state index contributed by atoms with van der Waals surface area (Å²) in [6, 6.07) is 10.3. The molecule has 1 aliphatic rings. The van der Waals surface area contributed by atoms with E-state index in [1.807, 2.05) is 32.0 Å². The Bertz CT molecular complexity index is 586. The number of carbonyl (C=O) groups excluding carboxylic acids is 1. The average molecular weight is 393 g/mol. The average Bonchev–Trinajstić information content (AvgIpc) is 2.68. The zero-order valence-corrected chi connectivity index (χ0v) is 18.0. The van der Waals surface area contributed by atoms with E-state index in [1.165, 1.54) is 12.7 Å². The van der Waals surface area contributed by atoms with Crippen molar-refractivity contribution in [3.05, 3.63) is 35.9 Å². The minimum Gasteiger partial charge on any atom is -0.469 e. The quantitative estimate of drug-likeness (QED) is 0.532. The number of hydrogen-bond donors (Lipinski definition) is 0. The predicted molar refractivity (Wildman–Crippen MR) is 109 cm³/mol. The van der Waals surface area contributed by atoms with Gasteiger partial charge in [-0.25, -0.2) is 0 Å². The van der Waals surface area contributed by atoms with Crippen molar-refractivity contribution < 1.29 is 23.7 Å². The molecule has 1 aliphatic heterocycles. The van der Waals surface area contributed by atoms with Crippen molar-refractivity contribution in [2.24, 2.45) is 5.92 Å². The van der Waals surface area contributed by atoms with E-state index in [0.717, 1.165) is 25.7 Å². The van der Waals surface area contributed by atoms with Gasteiger partial charge in [-0.2, -0.15) is 0 Å². The van der Waals surface area contributed by atoms with Crippen LogP contribution in [0.2, 0.25) is 0 Å². The van der Waals surface area contributed by atoms with Gasteiger partial charge >= 0.3 is 5.97 Å². The Kier molecular flexibility index (Phi) is 8.93. The molecular weight excluding hydrogens is 356 g/mol. The molecule has 5 nitrogen and oxygen atoms in total. The highest BCUT2D eigenvalue weighted by molar-refractivity contribution is 5.69. The first kappa shape index (κ1) is 22.9. The highest BCUT2D eigenvalue weighted by Crippen LogP contribution is 2.35. The van der Waals surface area contributed by atoms with Gasteiger partial charge in [0.25, 0.3) is 0 Å². The van der Waals surface area contributed by atoms with Gasteiger partial charge in [0.15, 0.2) is 5.79 Å². The minimum atomic E-state index is -0.691. The van der Waals surface area contributed by atoms with E-state index in [9.17, 15) is 4.79 Å². The molecule has 0 radical (unpaired) electrons. The SMILES string of the molecule is CC[C@@H](CCC[C@@H]1OC(C)(C)O[C@H](CC(=O)OC)[C@@H]1C)OCc1ccccc1. The molecular formula is C23H36O5. The maximum atomic E-state index is 11.7. The summed E-state index contributed by atoms with van der Waals surface area (Å²) in [6.45, 7) is 8.73. The number of ether oxygens (including phenoxy) is 4. The maximum Gasteiger partial charge on any atom is 0.308 e. The van der Waals surface area contributed by atoms with Gasteiger partial charge in [-0.15, -0.1) is 0 Å². The third-order valence-electron chi connectivity index (χ3n) is 5.44. The Hall–Kier alpha value is -1.43. The van der Waals surface area contributed by atoms with Crippen LogP contribution in [0, 0.1) is 5.92 Å². The fourth-order valence-corrected chi connectivity index (χ4v) is 3.75. The van der Waals surface area contributed by atoms with E-state index in [2.05, 4.69) is 26.0 Å². The van der Waals surface area contributed by atoms with Gasteiger partial charge in [-0.3, -0.25) is 4.79 Å². The number of benzene rings is 1. The third kappa shape index (κ3) is 7.19. The van der Waals surface area contributed by atoms with Crippen LogP contribution in [0.1, 0.15) is 65.4 Å². The van der Waals surface area contributed by atoms with E-state index >= 15 is 0 Å². The number of carbonyl (C=O) groups is 1. The summed E-state index contributed by atoms with van der Waals surface area (Å²) in [5.74, 6) is -0.796. The van der Waals surface area contributed by atoms with Crippen LogP contribution in [-0.4, -0.2) is 37.2 Å². The molecule has 0 bridgehead atoms. The van der Waals surface area contributed by atoms with Gasteiger partial charge in [0.05, 0.1) is 38.4 Å². The fraction of sp³-hybridized carbons (Fsp3) is 0.696. The van der Waals surface area contributed by atoms with Gasteiger partial charge in [0.2, 0.25) is 0 Å². The summed E-state index contributed by atoms with van der Waals surface area (Å²) in [7, 11) is 1.41. The molecule has 1 saturated heterocycles. The summed E-state index contributed by atoms with van der Waals surface area (Å²) in [6.07, 6.45) is 4.32. The molecule has 5 heteroatoms. The summed E-state index contributed by atoms with van der Waals surface area (Å²) in [4.78, 5) is 11.7. The van der Waals surface area contributed by atoms with Gasteiger partial charge < -0.3 is 18.9 Å². The number of hydrogen-bond acceptors (Lipinski definition) is 5. The smallest absolute Gasteiger partial charge is 0.308 e. The monoisotopic (exact) mass is 392 g/mol. The van der Waals surface area contributed by atoms with Gasteiger partial charge in [0, 0.05) is 5.92 Å². The topological polar surface area (TPSA) is 54.0 Å². The Morgan fingerprint density at radius 2 is 1.86 bits per heavy atom. The van der Waals surface area contributed by atoms with Gasteiger partial charge in [0.1, 0.15) is 0 Å². The molecule has 4 atom stereocenters. The number of methoxy groups -OCH3 is 1. The molecule has 0 aliphatic carbocycles. The number of esters is 1. The standard InChI is InChI=1S/C23H36O5/c1-6-19(26-16-18-11-8-7-9-12-18)13-10-14-20-17(2)21(15-22(24)25-5)28-23(3,4)27-20/h7-9,11-12,17,19-21H,6,10,13-16H2,1-5H3/t17-,19+,20+,21-/m1/s1. The van der Waals surface area contributed by atoms with Crippen LogP contribution in [0.25, 0.3) is 0 Å². The van der Waals surface area contributed by atoms with Crippen molar-refractivity contribution in [2.45, 2.75) is 90.5 Å². The van der Waals surface area contributed by atoms with Crippen molar-refractivity contribution in [2.75, 3.05) is 7.11 Å². The van der Waals surface area contributed by atoms with E-state index in [-0.39, 0.29) is 36.6 Å². The molecule has 1 aromatic rings. The normalized spacial score (nSPS) is 25.2.